The Bertz CT molecular complexity index is 555. The van der Waals surface area contributed by atoms with E-state index in [1.165, 1.54) is 12.1 Å². The van der Waals surface area contributed by atoms with Gasteiger partial charge >= 0.3 is 5.97 Å². The summed E-state index contributed by atoms with van der Waals surface area (Å²) in [4.78, 5) is 22.9. The molecule has 114 valence electrons. The summed E-state index contributed by atoms with van der Waals surface area (Å²) < 4.78 is 5.77. The lowest BCUT2D eigenvalue weighted by Gasteiger charge is -2.16. The molecule has 1 fully saturated rings. The average molecular weight is 291 g/mol. The van der Waals surface area contributed by atoms with E-state index < -0.39 is 5.97 Å². The Morgan fingerprint density at radius 2 is 2.19 bits per heavy atom. The van der Waals surface area contributed by atoms with Gasteiger partial charge in [0.2, 0.25) is 5.91 Å². The normalized spacial score (nSPS) is 23.9. The molecule has 2 N–H and O–H groups in total. The van der Waals surface area contributed by atoms with Gasteiger partial charge in [-0.25, -0.2) is 4.79 Å². The molecule has 21 heavy (non-hydrogen) atoms. The van der Waals surface area contributed by atoms with Gasteiger partial charge in [0.1, 0.15) is 0 Å². The summed E-state index contributed by atoms with van der Waals surface area (Å²) in [5, 5.41) is 11.9. The number of benzene rings is 1. The molecule has 1 aromatic carbocycles. The highest BCUT2D eigenvalue weighted by Crippen LogP contribution is 2.40. The molecule has 1 aromatic rings. The fraction of sp³-hybridized carbons (Fsp3) is 0.500. The molecule has 0 radical (unpaired) electrons. The minimum atomic E-state index is -0.989. The molecule has 0 spiro atoms. The van der Waals surface area contributed by atoms with Crippen LogP contribution in [-0.2, 0) is 16.0 Å². The quantitative estimate of drug-likeness (QED) is 0.840. The Morgan fingerprint density at radius 3 is 2.81 bits per heavy atom. The number of hydrogen-bond acceptors (Lipinski definition) is 3. The molecule has 1 aliphatic carbocycles. The van der Waals surface area contributed by atoms with Crippen molar-refractivity contribution in [2.24, 2.45) is 0 Å². The fourth-order valence-corrected chi connectivity index (χ4v) is 2.46. The van der Waals surface area contributed by atoms with Crippen LogP contribution in [0.3, 0.4) is 0 Å². The number of carboxylic acid groups (broad SMARTS) is 1. The van der Waals surface area contributed by atoms with Crippen molar-refractivity contribution >= 4 is 11.9 Å². The largest absolute Gasteiger partial charge is 0.478 e. The third-order valence-corrected chi connectivity index (χ3v) is 3.57. The van der Waals surface area contributed by atoms with Crippen molar-refractivity contribution in [2.75, 3.05) is 0 Å². The van der Waals surface area contributed by atoms with Crippen molar-refractivity contribution in [1.82, 2.24) is 5.32 Å². The second kappa shape index (κ2) is 5.85. The molecule has 5 heteroatoms. The van der Waals surface area contributed by atoms with Crippen LogP contribution in [0.25, 0.3) is 0 Å². The van der Waals surface area contributed by atoms with Crippen LogP contribution in [0.1, 0.15) is 43.1 Å². The van der Waals surface area contributed by atoms with Gasteiger partial charge < -0.3 is 15.2 Å². The van der Waals surface area contributed by atoms with Crippen LogP contribution in [0.15, 0.2) is 24.3 Å². The summed E-state index contributed by atoms with van der Waals surface area (Å²) >= 11 is 0. The first-order valence-corrected chi connectivity index (χ1v) is 7.09. The number of rotatable bonds is 6. The number of aromatic carboxylic acids is 1. The second-order valence-electron chi connectivity index (χ2n) is 5.99. The number of ether oxygens (including phenoxy) is 1. The van der Waals surface area contributed by atoms with Gasteiger partial charge in [0.25, 0.3) is 0 Å². The van der Waals surface area contributed by atoms with E-state index >= 15 is 0 Å². The number of carbonyl (C=O) groups is 2. The van der Waals surface area contributed by atoms with E-state index in [1.54, 1.807) is 12.1 Å². The minimum absolute atomic E-state index is 0.0371. The van der Waals surface area contributed by atoms with Gasteiger partial charge in [0, 0.05) is 6.42 Å². The highest BCUT2D eigenvalue weighted by molar-refractivity contribution is 5.88. The van der Waals surface area contributed by atoms with Gasteiger partial charge in [-0.3, -0.25) is 4.79 Å². The molecule has 0 heterocycles. The van der Waals surface area contributed by atoms with Crippen LogP contribution in [0.2, 0.25) is 0 Å². The van der Waals surface area contributed by atoms with E-state index in [9.17, 15) is 9.59 Å². The van der Waals surface area contributed by atoms with Gasteiger partial charge in [0.05, 0.1) is 29.7 Å². The molecule has 1 amide bonds. The number of amides is 1. The lowest BCUT2D eigenvalue weighted by atomic mass is 10.1. The van der Waals surface area contributed by atoms with Crippen molar-refractivity contribution in [3.8, 4) is 0 Å². The summed E-state index contributed by atoms with van der Waals surface area (Å²) in [7, 11) is 0. The van der Waals surface area contributed by atoms with E-state index in [0.717, 1.165) is 6.42 Å². The standard InChI is InChI=1S/C16H21NO4/c1-10(2)21-16(3)9-13(16)17-14(18)8-11-5-4-6-12(7-11)15(19)20/h4-7,10,13H,8-9H2,1-3H3,(H,17,18)(H,19,20)/t13-,16+/m1/s1. The second-order valence-corrected chi connectivity index (χ2v) is 5.99. The third-order valence-electron chi connectivity index (χ3n) is 3.57. The van der Waals surface area contributed by atoms with Gasteiger partial charge in [-0.05, 0) is 38.5 Å². The average Bonchev–Trinajstić information content (AvgIpc) is 2.97. The van der Waals surface area contributed by atoms with E-state index in [0.29, 0.717) is 5.56 Å². The summed E-state index contributed by atoms with van der Waals surface area (Å²) in [5.74, 6) is -1.10. The monoisotopic (exact) mass is 291 g/mol. The molecule has 2 atom stereocenters. The van der Waals surface area contributed by atoms with Crippen LogP contribution in [-0.4, -0.2) is 34.7 Å². The summed E-state index contributed by atoms with van der Waals surface area (Å²) in [6.07, 6.45) is 1.12. The molecule has 1 aliphatic rings. The molecule has 0 unspecified atom stereocenters. The van der Waals surface area contributed by atoms with Crippen molar-refractivity contribution in [3.63, 3.8) is 0 Å². The fourth-order valence-electron chi connectivity index (χ4n) is 2.46. The molecule has 0 aromatic heterocycles. The Balaban J connectivity index is 1.89. The van der Waals surface area contributed by atoms with E-state index in [2.05, 4.69) is 5.32 Å². The topological polar surface area (TPSA) is 75.6 Å². The van der Waals surface area contributed by atoms with Gasteiger partial charge in [-0.2, -0.15) is 0 Å². The van der Waals surface area contributed by atoms with Crippen molar-refractivity contribution < 1.29 is 19.4 Å². The summed E-state index contributed by atoms with van der Waals surface area (Å²) in [5.41, 5.74) is 0.617. The van der Waals surface area contributed by atoms with Crippen LogP contribution in [0, 0.1) is 0 Å². The predicted octanol–water partition coefficient (Wildman–Crippen LogP) is 2.00. The number of hydrogen-bond donors (Lipinski definition) is 2. The minimum Gasteiger partial charge on any atom is -0.478 e. The van der Waals surface area contributed by atoms with E-state index in [-0.39, 0.29) is 35.6 Å². The van der Waals surface area contributed by atoms with Crippen LogP contribution in [0.5, 0.6) is 0 Å². The van der Waals surface area contributed by atoms with E-state index in [4.69, 9.17) is 9.84 Å². The zero-order chi connectivity index (χ0) is 15.6. The highest BCUT2D eigenvalue weighted by atomic mass is 16.5. The first-order chi connectivity index (χ1) is 9.80. The SMILES string of the molecule is CC(C)O[C@@]1(C)C[C@H]1NC(=O)Cc1cccc(C(=O)O)c1. The highest BCUT2D eigenvalue weighted by Gasteiger charge is 2.52. The molecule has 0 bridgehead atoms. The summed E-state index contributed by atoms with van der Waals surface area (Å²) in [6.45, 7) is 5.93. The Morgan fingerprint density at radius 1 is 1.48 bits per heavy atom. The Hall–Kier alpha value is -1.88. The van der Waals surface area contributed by atoms with E-state index in [1.807, 2.05) is 20.8 Å². The van der Waals surface area contributed by atoms with Gasteiger partial charge in [-0.15, -0.1) is 0 Å². The Labute approximate surface area is 124 Å². The predicted molar refractivity (Wildman–Crippen MR) is 78.3 cm³/mol. The van der Waals surface area contributed by atoms with Gasteiger partial charge in [0.15, 0.2) is 0 Å². The van der Waals surface area contributed by atoms with Crippen LogP contribution in [0.4, 0.5) is 0 Å². The first-order valence-electron chi connectivity index (χ1n) is 7.09. The first kappa shape index (κ1) is 15.5. The van der Waals surface area contributed by atoms with Crippen molar-refractivity contribution in [3.05, 3.63) is 35.4 Å². The van der Waals surface area contributed by atoms with Crippen molar-refractivity contribution in [1.29, 1.82) is 0 Å². The molecule has 2 rings (SSSR count). The van der Waals surface area contributed by atoms with Crippen molar-refractivity contribution in [2.45, 2.75) is 51.4 Å². The molecule has 0 saturated heterocycles. The number of carbonyl (C=O) groups excluding carboxylic acids is 1. The van der Waals surface area contributed by atoms with Crippen LogP contribution < -0.4 is 5.32 Å². The molecular formula is C16H21NO4. The number of nitrogens with one attached hydrogen (secondary N) is 1. The zero-order valence-electron chi connectivity index (χ0n) is 12.6. The lowest BCUT2D eigenvalue weighted by Crippen LogP contribution is -2.34. The molecule has 0 aliphatic heterocycles. The molecule has 5 nitrogen and oxygen atoms in total. The summed E-state index contributed by atoms with van der Waals surface area (Å²) in [6, 6.07) is 6.48. The molecular weight excluding hydrogens is 270 g/mol. The molecule has 1 saturated carbocycles. The third kappa shape index (κ3) is 4.04. The van der Waals surface area contributed by atoms with Gasteiger partial charge in [-0.1, -0.05) is 12.1 Å². The maximum Gasteiger partial charge on any atom is 0.335 e. The van der Waals surface area contributed by atoms with Crippen LogP contribution >= 0.6 is 0 Å². The smallest absolute Gasteiger partial charge is 0.335 e. The maximum atomic E-state index is 12.0. The Kier molecular flexibility index (Phi) is 4.32. The maximum absolute atomic E-state index is 12.0. The lowest BCUT2D eigenvalue weighted by molar-refractivity contribution is -0.121. The zero-order valence-corrected chi connectivity index (χ0v) is 12.6. The number of carboxylic acids is 1.